The van der Waals surface area contributed by atoms with Crippen LogP contribution in [0.5, 0.6) is 0 Å². The molecule has 0 aliphatic carbocycles. The fraction of sp³-hybridized carbons (Fsp3) is 0.929. The Morgan fingerprint density at radius 2 is 1.94 bits per heavy atom. The highest BCUT2D eigenvalue weighted by Gasteiger charge is 2.21. The minimum atomic E-state index is 0.356. The van der Waals surface area contributed by atoms with E-state index in [1.54, 1.807) is 0 Å². The summed E-state index contributed by atoms with van der Waals surface area (Å²) >= 11 is 0. The molecule has 0 radical (unpaired) electrons. The number of unbranched alkanes of at least 4 members (excludes halogenated alkanes) is 5. The Labute approximate surface area is 106 Å². The number of nitrogens with one attached hydrogen (secondary N) is 1. The SMILES string of the molecule is CCCCCCCCC(=O)N1CCNC[C@@H]1C. The zero-order valence-corrected chi connectivity index (χ0v) is 11.5. The zero-order chi connectivity index (χ0) is 12.5. The van der Waals surface area contributed by atoms with Gasteiger partial charge in [-0.2, -0.15) is 0 Å². The minimum absolute atomic E-state index is 0.356. The molecule has 1 saturated heterocycles. The van der Waals surface area contributed by atoms with E-state index in [0.29, 0.717) is 11.9 Å². The van der Waals surface area contributed by atoms with Gasteiger partial charge in [-0.1, -0.05) is 39.0 Å². The molecule has 1 rings (SSSR count). The molecule has 1 atom stereocenters. The second-order valence-corrected chi connectivity index (χ2v) is 5.16. The van der Waals surface area contributed by atoms with Crippen LogP contribution in [0.4, 0.5) is 0 Å². The van der Waals surface area contributed by atoms with Gasteiger partial charge in [0.15, 0.2) is 0 Å². The molecule has 0 spiro atoms. The van der Waals surface area contributed by atoms with Crippen molar-refractivity contribution in [2.75, 3.05) is 19.6 Å². The van der Waals surface area contributed by atoms with Crippen LogP contribution in [-0.2, 0) is 4.79 Å². The summed E-state index contributed by atoms with van der Waals surface area (Å²) in [7, 11) is 0. The van der Waals surface area contributed by atoms with Crippen LogP contribution in [-0.4, -0.2) is 36.5 Å². The average Bonchev–Trinajstić information content (AvgIpc) is 2.34. The average molecular weight is 240 g/mol. The first-order valence-electron chi connectivity index (χ1n) is 7.26. The molecule has 1 aliphatic heterocycles. The second kappa shape index (κ2) is 8.51. The largest absolute Gasteiger partial charge is 0.337 e. The lowest BCUT2D eigenvalue weighted by molar-refractivity contribution is -0.134. The first-order chi connectivity index (χ1) is 8.25. The van der Waals surface area contributed by atoms with Crippen molar-refractivity contribution in [2.45, 2.75) is 64.8 Å². The van der Waals surface area contributed by atoms with Gasteiger partial charge in [0.05, 0.1) is 0 Å². The summed E-state index contributed by atoms with van der Waals surface area (Å²) in [5, 5.41) is 3.32. The number of piperazine rings is 1. The van der Waals surface area contributed by atoms with Crippen molar-refractivity contribution in [3.8, 4) is 0 Å². The lowest BCUT2D eigenvalue weighted by Crippen LogP contribution is -2.52. The maximum atomic E-state index is 12.0. The first-order valence-corrected chi connectivity index (χ1v) is 7.26. The molecule has 1 amide bonds. The molecular formula is C14H28N2O. The van der Waals surface area contributed by atoms with Crippen LogP contribution in [0.25, 0.3) is 0 Å². The van der Waals surface area contributed by atoms with Crippen molar-refractivity contribution in [3.05, 3.63) is 0 Å². The van der Waals surface area contributed by atoms with Crippen molar-refractivity contribution in [1.82, 2.24) is 10.2 Å². The van der Waals surface area contributed by atoms with Crippen molar-refractivity contribution in [2.24, 2.45) is 0 Å². The molecule has 1 aliphatic rings. The van der Waals surface area contributed by atoms with Gasteiger partial charge in [-0.15, -0.1) is 0 Å². The fourth-order valence-corrected chi connectivity index (χ4v) is 2.41. The van der Waals surface area contributed by atoms with Gasteiger partial charge in [0.1, 0.15) is 0 Å². The molecule has 17 heavy (non-hydrogen) atoms. The van der Waals surface area contributed by atoms with E-state index >= 15 is 0 Å². The van der Waals surface area contributed by atoms with Crippen molar-refractivity contribution in [1.29, 1.82) is 0 Å². The number of hydrogen-bond acceptors (Lipinski definition) is 2. The van der Waals surface area contributed by atoms with E-state index in [4.69, 9.17) is 0 Å². The molecule has 1 fully saturated rings. The van der Waals surface area contributed by atoms with E-state index in [1.165, 1.54) is 32.1 Å². The number of carbonyl (C=O) groups is 1. The lowest BCUT2D eigenvalue weighted by Gasteiger charge is -2.34. The van der Waals surface area contributed by atoms with Crippen LogP contribution >= 0.6 is 0 Å². The first kappa shape index (κ1) is 14.5. The van der Waals surface area contributed by atoms with Gasteiger partial charge in [0.2, 0.25) is 5.91 Å². The number of hydrogen-bond donors (Lipinski definition) is 1. The summed E-state index contributed by atoms with van der Waals surface area (Å²) < 4.78 is 0. The lowest BCUT2D eigenvalue weighted by atomic mass is 10.1. The van der Waals surface area contributed by atoms with Crippen LogP contribution in [0.3, 0.4) is 0 Å². The fourth-order valence-electron chi connectivity index (χ4n) is 2.41. The Bertz CT molecular complexity index is 218. The summed E-state index contributed by atoms with van der Waals surface area (Å²) in [6.45, 7) is 7.14. The highest BCUT2D eigenvalue weighted by Crippen LogP contribution is 2.10. The van der Waals surface area contributed by atoms with Gasteiger partial charge in [-0.3, -0.25) is 4.79 Å². The van der Waals surface area contributed by atoms with Gasteiger partial charge >= 0.3 is 0 Å². The third-order valence-corrected chi connectivity index (χ3v) is 3.57. The van der Waals surface area contributed by atoms with Crippen molar-refractivity contribution in [3.63, 3.8) is 0 Å². The van der Waals surface area contributed by atoms with Gasteiger partial charge in [-0.05, 0) is 13.3 Å². The van der Waals surface area contributed by atoms with Gasteiger partial charge in [0, 0.05) is 32.1 Å². The van der Waals surface area contributed by atoms with E-state index in [2.05, 4.69) is 19.2 Å². The molecule has 3 nitrogen and oxygen atoms in total. The molecule has 0 bridgehead atoms. The van der Waals surface area contributed by atoms with Crippen LogP contribution in [0.2, 0.25) is 0 Å². The van der Waals surface area contributed by atoms with Crippen molar-refractivity contribution >= 4 is 5.91 Å². The Balaban J connectivity index is 2.07. The van der Waals surface area contributed by atoms with Gasteiger partial charge in [0.25, 0.3) is 0 Å². The second-order valence-electron chi connectivity index (χ2n) is 5.16. The Morgan fingerprint density at radius 1 is 1.24 bits per heavy atom. The summed E-state index contributed by atoms with van der Waals surface area (Å²) in [6, 6.07) is 0.372. The van der Waals surface area contributed by atoms with Gasteiger partial charge < -0.3 is 10.2 Å². The van der Waals surface area contributed by atoms with Crippen LogP contribution in [0.1, 0.15) is 58.8 Å². The normalized spacial score (nSPS) is 20.6. The Hall–Kier alpha value is -0.570. The summed E-state index contributed by atoms with van der Waals surface area (Å²) in [6.07, 6.45) is 8.27. The van der Waals surface area contributed by atoms with E-state index in [1.807, 2.05) is 4.90 Å². The highest BCUT2D eigenvalue weighted by molar-refractivity contribution is 5.76. The number of nitrogens with zero attached hydrogens (tertiary/aromatic N) is 1. The van der Waals surface area contributed by atoms with Crippen LogP contribution < -0.4 is 5.32 Å². The minimum Gasteiger partial charge on any atom is -0.337 e. The Kier molecular flexibility index (Phi) is 7.25. The van der Waals surface area contributed by atoms with Crippen LogP contribution in [0, 0.1) is 0 Å². The Morgan fingerprint density at radius 3 is 2.65 bits per heavy atom. The molecule has 3 heteroatoms. The molecular weight excluding hydrogens is 212 g/mol. The molecule has 0 aromatic heterocycles. The van der Waals surface area contributed by atoms with E-state index in [0.717, 1.165) is 32.5 Å². The monoisotopic (exact) mass is 240 g/mol. The topological polar surface area (TPSA) is 32.3 Å². The number of rotatable bonds is 7. The molecule has 1 heterocycles. The summed E-state index contributed by atoms with van der Waals surface area (Å²) in [5.41, 5.74) is 0. The molecule has 100 valence electrons. The van der Waals surface area contributed by atoms with Crippen LogP contribution in [0.15, 0.2) is 0 Å². The highest BCUT2D eigenvalue weighted by atomic mass is 16.2. The summed E-state index contributed by atoms with van der Waals surface area (Å²) in [5.74, 6) is 0.356. The third-order valence-electron chi connectivity index (χ3n) is 3.57. The number of amides is 1. The van der Waals surface area contributed by atoms with Crippen molar-refractivity contribution < 1.29 is 4.79 Å². The molecule has 0 aromatic carbocycles. The maximum absolute atomic E-state index is 12.0. The van der Waals surface area contributed by atoms with E-state index in [-0.39, 0.29) is 0 Å². The summed E-state index contributed by atoms with van der Waals surface area (Å²) in [4.78, 5) is 14.0. The van der Waals surface area contributed by atoms with E-state index in [9.17, 15) is 4.79 Å². The molecule has 0 unspecified atom stereocenters. The predicted molar refractivity (Wildman–Crippen MR) is 72.0 cm³/mol. The third kappa shape index (κ3) is 5.53. The zero-order valence-electron chi connectivity index (χ0n) is 11.5. The molecule has 0 aromatic rings. The van der Waals surface area contributed by atoms with E-state index < -0.39 is 0 Å². The predicted octanol–water partition coefficient (Wildman–Crippen LogP) is 2.56. The maximum Gasteiger partial charge on any atom is 0.222 e. The standard InChI is InChI=1S/C14H28N2O/c1-3-4-5-6-7-8-9-14(17)16-11-10-15-12-13(16)2/h13,15H,3-12H2,1-2H3/t13-/m0/s1. The smallest absolute Gasteiger partial charge is 0.222 e. The molecule has 0 saturated carbocycles. The van der Waals surface area contributed by atoms with Gasteiger partial charge in [-0.25, -0.2) is 0 Å². The quantitative estimate of drug-likeness (QED) is 0.694. The number of carbonyl (C=O) groups excluding carboxylic acids is 1. The molecule has 1 N–H and O–H groups in total.